The maximum atomic E-state index is 11.9. The number of anilines is 1. The Balaban J connectivity index is 2.20. The molecule has 0 saturated heterocycles. The molecule has 1 heterocycles. The van der Waals surface area contributed by atoms with E-state index in [1.165, 1.54) is 0 Å². The molecule has 2 N–H and O–H groups in total. The van der Waals surface area contributed by atoms with E-state index >= 15 is 0 Å². The van der Waals surface area contributed by atoms with E-state index in [1.807, 2.05) is 6.07 Å². The van der Waals surface area contributed by atoms with Crippen LogP contribution in [0.5, 0.6) is 0 Å². The quantitative estimate of drug-likeness (QED) is 0.863. The summed E-state index contributed by atoms with van der Waals surface area (Å²) in [5.74, 6) is 0.201. The van der Waals surface area contributed by atoms with Gasteiger partial charge in [0.25, 0.3) is 5.95 Å². The molecule has 0 saturated carbocycles. The van der Waals surface area contributed by atoms with Gasteiger partial charge in [0.05, 0.1) is 17.4 Å². The van der Waals surface area contributed by atoms with Crippen LogP contribution in [0.1, 0.15) is 17.0 Å². The minimum atomic E-state index is -3.65. The van der Waals surface area contributed by atoms with Gasteiger partial charge >= 0.3 is 0 Å². The maximum absolute atomic E-state index is 11.9. The van der Waals surface area contributed by atoms with Gasteiger partial charge < -0.3 is 0 Å². The van der Waals surface area contributed by atoms with Crippen LogP contribution in [0.15, 0.2) is 24.3 Å². The summed E-state index contributed by atoms with van der Waals surface area (Å²) in [4.78, 5) is 3.86. The Morgan fingerprint density at radius 1 is 1.42 bits per heavy atom. The highest BCUT2D eigenvalue weighted by atomic mass is 32.2. The topological polar surface area (TPSA) is 112 Å². The van der Waals surface area contributed by atoms with Gasteiger partial charge in [-0.25, -0.2) is 13.1 Å². The highest BCUT2D eigenvalue weighted by Crippen LogP contribution is 2.13. The van der Waals surface area contributed by atoms with E-state index in [4.69, 9.17) is 5.26 Å². The average molecular weight is 277 g/mol. The average Bonchev–Trinajstić information content (AvgIpc) is 2.74. The van der Waals surface area contributed by atoms with Crippen LogP contribution in [0.4, 0.5) is 5.95 Å². The molecule has 0 atom stereocenters. The summed E-state index contributed by atoms with van der Waals surface area (Å²) in [6.07, 6.45) is 0. The summed E-state index contributed by atoms with van der Waals surface area (Å²) in [5.41, 5.74) is 0.767. The molecule has 0 aliphatic carbocycles. The molecular formula is C11H11N5O2S. The number of nitriles is 1. The smallest absolute Gasteiger partial charge is 0.255 e. The second-order valence-corrected chi connectivity index (χ2v) is 5.60. The molecule has 2 rings (SSSR count). The molecule has 2 aromatic rings. The van der Waals surface area contributed by atoms with Gasteiger partial charge in [0.1, 0.15) is 5.82 Å². The summed E-state index contributed by atoms with van der Waals surface area (Å²) in [5, 5.41) is 15.1. The number of aromatic amines is 1. The fourth-order valence-electron chi connectivity index (χ4n) is 1.52. The number of sulfonamides is 1. The van der Waals surface area contributed by atoms with Crippen LogP contribution in [0.3, 0.4) is 0 Å². The molecule has 0 unspecified atom stereocenters. The van der Waals surface area contributed by atoms with Crippen LogP contribution in [0.2, 0.25) is 0 Å². The van der Waals surface area contributed by atoms with Gasteiger partial charge in [-0.15, -0.1) is 5.10 Å². The van der Waals surface area contributed by atoms with Crippen molar-refractivity contribution in [3.63, 3.8) is 0 Å². The number of aryl methyl sites for hydroxylation is 1. The zero-order valence-corrected chi connectivity index (χ0v) is 10.9. The Morgan fingerprint density at radius 2 is 2.16 bits per heavy atom. The number of benzene rings is 1. The second kappa shape index (κ2) is 5.07. The molecule has 19 heavy (non-hydrogen) atoms. The SMILES string of the molecule is Cc1nc(NS(=O)(=O)Cc2ccccc2C#N)n[nH]1. The number of H-pyrrole nitrogens is 1. The minimum absolute atomic E-state index is 0.00746. The zero-order valence-electron chi connectivity index (χ0n) is 10.1. The number of nitrogens with zero attached hydrogens (tertiary/aromatic N) is 3. The summed E-state index contributed by atoms with van der Waals surface area (Å²) >= 11 is 0. The number of rotatable bonds is 4. The fourth-order valence-corrected chi connectivity index (χ4v) is 2.63. The number of hydrogen-bond acceptors (Lipinski definition) is 5. The van der Waals surface area contributed by atoms with Crippen molar-refractivity contribution in [2.24, 2.45) is 0 Å². The molecule has 0 aliphatic heterocycles. The lowest BCUT2D eigenvalue weighted by atomic mass is 10.1. The van der Waals surface area contributed by atoms with E-state index in [2.05, 4.69) is 19.9 Å². The van der Waals surface area contributed by atoms with Crippen molar-refractivity contribution in [2.75, 3.05) is 4.72 Å². The first-order valence-corrected chi connectivity index (χ1v) is 7.03. The lowest BCUT2D eigenvalue weighted by Gasteiger charge is -2.05. The van der Waals surface area contributed by atoms with E-state index < -0.39 is 10.0 Å². The van der Waals surface area contributed by atoms with Crippen molar-refractivity contribution in [3.8, 4) is 6.07 Å². The van der Waals surface area contributed by atoms with Crippen LogP contribution in [0.25, 0.3) is 0 Å². The lowest BCUT2D eigenvalue weighted by Crippen LogP contribution is -2.16. The summed E-state index contributed by atoms with van der Waals surface area (Å²) in [7, 11) is -3.65. The Hall–Kier alpha value is -2.40. The van der Waals surface area contributed by atoms with Crippen LogP contribution in [-0.4, -0.2) is 23.6 Å². The van der Waals surface area contributed by atoms with Crippen molar-refractivity contribution in [1.29, 1.82) is 5.26 Å². The first-order chi connectivity index (χ1) is 9.00. The number of hydrogen-bond donors (Lipinski definition) is 2. The summed E-state index contributed by atoms with van der Waals surface area (Å²) < 4.78 is 26.1. The normalized spacial score (nSPS) is 10.9. The molecule has 0 fully saturated rings. The largest absolute Gasteiger partial charge is 0.261 e. The van der Waals surface area contributed by atoms with E-state index in [9.17, 15) is 8.42 Å². The first kappa shape index (κ1) is 13.0. The van der Waals surface area contributed by atoms with Crippen molar-refractivity contribution in [1.82, 2.24) is 15.2 Å². The molecular weight excluding hydrogens is 266 g/mol. The number of aromatic nitrogens is 3. The third-order valence-electron chi connectivity index (χ3n) is 2.33. The van der Waals surface area contributed by atoms with E-state index in [0.29, 0.717) is 17.0 Å². The maximum Gasteiger partial charge on any atom is 0.255 e. The zero-order chi connectivity index (χ0) is 13.9. The molecule has 98 valence electrons. The summed E-state index contributed by atoms with van der Waals surface area (Å²) in [6, 6.07) is 8.49. The van der Waals surface area contributed by atoms with Gasteiger partial charge in [-0.2, -0.15) is 10.2 Å². The molecule has 7 nitrogen and oxygen atoms in total. The van der Waals surface area contributed by atoms with Crippen molar-refractivity contribution in [2.45, 2.75) is 12.7 Å². The van der Waals surface area contributed by atoms with E-state index in [-0.39, 0.29) is 11.7 Å². The molecule has 1 aromatic heterocycles. The molecule has 8 heteroatoms. The van der Waals surface area contributed by atoms with Gasteiger partial charge in [0.2, 0.25) is 10.0 Å². The lowest BCUT2D eigenvalue weighted by molar-refractivity contribution is 0.600. The van der Waals surface area contributed by atoms with Crippen LogP contribution < -0.4 is 4.72 Å². The molecule has 0 aliphatic rings. The van der Waals surface area contributed by atoms with Gasteiger partial charge in [-0.05, 0) is 18.6 Å². The van der Waals surface area contributed by atoms with Crippen molar-refractivity contribution < 1.29 is 8.42 Å². The van der Waals surface area contributed by atoms with Gasteiger partial charge in [-0.3, -0.25) is 5.10 Å². The van der Waals surface area contributed by atoms with E-state index in [0.717, 1.165) is 0 Å². The minimum Gasteiger partial charge on any atom is -0.261 e. The van der Waals surface area contributed by atoms with Gasteiger partial charge in [0, 0.05) is 0 Å². The fraction of sp³-hybridized carbons (Fsp3) is 0.182. The Kier molecular flexibility index (Phi) is 3.48. The monoisotopic (exact) mass is 277 g/mol. The van der Waals surface area contributed by atoms with Gasteiger partial charge in [0.15, 0.2) is 0 Å². The van der Waals surface area contributed by atoms with Crippen LogP contribution in [-0.2, 0) is 15.8 Å². The molecule has 1 aromatic carbocycles. The Morgan fingerprint density at radius 3 is 2.79 bits per heavy atom. The molecule has 0 radical (unpaired) electrons. The predicted molar refractivity (Wildman–Crippen MR) is 68.5 cm³/mol. The third-order valence-corrected chi connectivity index (χ3v) is 3.51. The van der Waals surface area contributed by atoms with Crippen LogP contribution in [0, 0.1) is 18.3 Å². The van der Waals surface area contributed by atoms with Gasteiger partial charge in [-0.1, -0.05) is 18.2 Å². The predicted octanol–water partition coefficient (Wildman–Crippen LogP) is 0.927. The van der Waals surface area contributed by atoms with Crippen molar-refractivity contribution in [3.05, 3.63) is 41.2 Å². The highest BCUT2D eigenvalue weighted by molar-refractivity contribution is 7.91. The molecule has 0 spiro atoms. The standard InChI is InChI=1S/C11H11N5O2S/c1-8-13-11(15-14-8)16-19(17,18)7-10-5-3-2-4-9(10)6-12/h2-5H,7H2,1H3,(H2,13,14,15,16). The van der Waals surface area contributed by atoms with Crippen LogP contribution >= 0.6 is 0 Å². The highest BCUT2D eigenvalue weighted by Gasteiger charge is 2.16. The Labute approximate surface area is 110 Å². The molecule has 0 bridgehead atoms. The third kappa shape index (κ3) is 3.29. The number of nitrogens with one attached hydrogen (secondary N) is 2. The first-order valence-electron chi connectivity index (χ1n) is 5.38. The second-order valence-electron chi connectivity index (χ2n) is 3.87. The Bertz CT molecular complexity index is 730. The van der Waals surface area contributed by atoms with Crippen molar-refractivity contribution >= 4 is 16.0 Å². The molecule has 0 amide bonds. The summed E-state index contributed by atoms with van der Waals surface area (Å²) in [6.45, 7) is 1.66. The van der Waals surface area contributed by atoms with E-state index in [1.54, 1.807) is 31.2 Å².